The van der Waals surface area contributed by atoms with E-state index in [1.165, 1.54) is 9.47 Å². The molecule has 3 aromatic rings. The van der Waals surface area contributed by atoms with E-state index < -0.39 is 11.9 Å². The lowest BCUT2D eigenvalue weighted by molar-refractivity contribution is -0.142. The van der Waals surface area contributed by atoms with E-state index in [0.29, 0.717) is 18.0 Å². The Labute approximate surface area is 200 Å². The summed E-state index contributed by atoms with van der Waals surface area (Å²) in [4.78, 5) is 52.1. The van der Waals surface area contributed by atoms with Crippen molar-refractivity contribution in [1.29, 1.82) is 0 Å². The van der Waals surface area contributed by atoms with Crippen LogP contribution in [0.4, 0.5) is 5.95 Å². The molecule has 0 atom stereocenters. The van der Waals surface area contributed by atoms with E-state index in [1.54, 1.807) is 31.9 Å². The van der Waals surface area contributed by atoms with Crippen LogP contribution in [0.2, 0.25) is 0 Å². The number of hydrogen-bond acceptors (Lipinski definition) is 9. The zero-order valence-electron chi connectivity index (χ0n) is 19.8. The van der Waals surface area contributed by atoms with Crippen LogP contribution in [0.25, 0.3) is 11.2 Å². The molecule has 12 heteroatoms. The molecule has 0 radical (unpaired) electrons. The van der Waals surface area contributed by atoms with Crippen molar-refractivity contribution in [2.45, 2.75) is 26.9 Å². The number of ether oxygens (including phenoxy) is 3. The van der Waals surface area contributed by atoms with Gasteiger partial charge in [-0.25, -0.2) is 4.98 Å². The predicted molar refractivity (Wildman–Crippen MR) is 127 cm³/mol. The zero-order chi connectivity index (χ0) is 24.9. The third-order valence-corrected chi connectivity index (χ3v) is 5.36. The molecule has 1 aromatic carbocycles. The van der Waals surface area contributed by atoms with Gasteiger partial charge in [-0.15, -0.1) is 0 Å². The van der Waals surface area contributed by atoms with Gasteiger partial charge in [0.25, 0.3) is 5.56 Å². The number of methoxy groups -OCH3 is 1. The molecule has 4 rings (SSSR count). The summed E-state index contributed by atoms with van der Waals surface area (Å²) in [6.07, 6.45) is 1.56. The van der Waals surface area contributed by atoms with Crippen molar-refractivity contribution in [1.82, 2.24) is 19.1 Å². The van der Waals surface area contributed by atoms with Gasteiger partial charge >= 0.3 is 11.9 Å². The summed E-state index contributed by atoms with van der Waals surface area (Å²) < 4.78 is 18.4. The number of esters is 2. The predicted octanol–water partition coefficient (Wildman–Crippen LogP) is 0.995. The van der Waals surface area contributed by atoms with E-state index in [-0.39, 0.29) is 49.9 Å². The number of carbonyl (C=O) groups excluding carboxylic acids is 2. The van der Waals surface area contributed by atoms with Gasteiger partial charge in [-0.1, -0.05) is 12.1 Å². The highest BCUT2D eigenvalue weighted by molar-refractivity contribution is 6.03. The number of hydrogen-bond donors (Lipinski definition) is 0. The third-order valence-electron chi connectivity index (χ3n) is 5.36. The summed E-state index contributed by atoms with van der Waals surface area (Å²) in [6, 6.07) is 7.53. The summed E-state index contributed by atoms with van der Waals surface area (Å²) in [5.74, 6) is 0.290. The van der Waals surface area contributed by atoms with Gasteiger partial charge in [0, 0.05) is 0 Å². The molecule has 0 saturated carbocycles. The van der Waals surface area contributed by atoms with Gasteiger partial charge in [0.05, 0.1) is 39.7 Å². The first-order valence-corrected chi connectivity index (χ1v) is 11.2. The Bertz CT molecular complexity index is 1330. The zero-order valence-corrected chi connectivity index (χ0v) is 19.8. The number of benzene rings is 1. The van der Waals surface area contributed by atoms with Gasteiger partial charge in [0.2, 0.25) is 5.95 Å². The minimum Gasteiger partial charge on any atom is -0.497 e. The fourth-order valence-corrected chi connectivity index (χ4v) is 3.75. The highest BCUT2D eigenvalue weighted by atomic mass is 16.5. The molecule has 2 aromatic heterocycles. The first-order chi connectivity index (χ1) is 16.9. The molecule has 0 unspecified atom stereocenters. The summed E-state index contributed by atoms with van der Waals surface area (Å²) in [6.45, 7) is 3.86. The van der Waals surface area contributed by atoms with Crippen molar-refractivity contribution >= 4 is 34.9 Å². The largest absolute Gasteiger partial charge is 0.497 e. The lowest BCUT2D eigenvalue weighted by atomic mass is 10.2. The molecule has 35 heavy (non-hydrogen) atoms. The summed E-state index contributed by atoms with van der Waals surface area (Å²) in [5, 5.41) is 0. The number of fused-ring (bicyclic) bond motifs is 2. The summed E-state index contributed by atoms with van der Waals surface area (Å²) in [5.41, 5.74) is 1.17. The van der Waals surface area contributed by atoms with E-state index in [0.717, 1.165) is 11.3 Å². The van der Waals surface area contributed by atoms with Gasteiger partial charge < -0.3 is 18.8 Å². The topological polar surface area (TPSA) is 130 Å². The van der Waals surface area contributed by atoms with Crippen LogP contribution < -0.4 is 15.2 Å². The van der Waals surface area contributed by atoms with Gasteiger partial charge in [-0.2, -0.15) is 4.98 Å². The molecule has 1 aliphatic heterocycles. The molecule has 0 amide bonds. The Morgan fingerprint density at radius 1 is 1.09 bits per heavy atom. The van der Waals surface area contributed by atoms with Crippen LogP contribution >= 0.6 is 0 Å². The second-order valence-corrected chi connectivity index (χ2v) is 7.62. The fourth-order valence-electron chi connectivity index (χ4n) is 3.75. The van der Waals surface area contributed by atoms with Crippen LogP contribution in [0.1, 0.15) is 19.4 Å². The lowest BCUT2D eigenvalue weighted by Crippen LogP contribution is -2.35. The van der Waals surface area contributed by atoms with Crippen LogP contribution in [0.3, 0.4) is 0 Å². The molecular weight excluding hydrogens is 456 g/mol. The van der Waals surface area contributed by atoms with Crippen LogP contribution in [-0.2, 0) is 32.2 Å². The minimum atomic E-state index is -0.509. The maximum atomic E-state index is 13.3. The number of amidine groups is 1. The SMILES string of the molecule is CCOC(=O)CN=C1Cn2c(nc3c(ncn3Cc3ccc(OC)cc3)c2=O)N1CC(=O)OCC. The van der Waals surface area contributed by atoms with Crippen molar-refractivity contribution in [2.24, 2.45) is 4.99 Å². The molecule has 12 nitrogen and oxygen atoms in total. The second kappa shape index (κ2) is 10.4. The molecule has 0 saturated heterocycles. The Morgan fingerprint density at radius 3 is 2.49 bits per heavy atom. The van der Waals surface area contributed by atoms with Crippen LogP contribution in [0.5, 0.6) is 5.75 Å². The van der Waals surface area contributed by atoms with E-state index in [4.69, 9.17) is 14.2 Å². The average Bonchev–Trinajstić information content (AvgIpc) is 3.41. The monoisotopic (exact) mass is 482 g/mol. The maximum absolute atomic E-state index is 13.3. The molecule has 0 aliphatic carbocycles. The number of aromatic nitrogens is 4. The number of aliphatic imine (C=N–C) groups is 1. The Hall–Kier alpha value is -4.22. The van der Waals surface area contributed by atoms with E-state index in [1.807, 2.05) is 24.3 Å². The van der Waals surface area contributed by atoms with Crippen molar-refractivity contribution in [2.75, 3.05) is 38.3 Å². The van der Waals surface area contributed by atoms with Gasteiger partial charge in [-0.05, 0) is 31.5 Å². The molecular formula is C23H26N6O6. The lowest BCUT2D eigenvalue weighted by Gasteiger charge is -2.17. The Balaban J connectivity index is 1.72. The number of rotatable bonds is 9. The molecule has 0 spiro atoms. The summed E-state index contributed by atoms with van der Waals surface area (Å²) in [7, 11) is 1.60. The van der Waals surface area contributed by atoms with E-state index in [9.17, 15) is 14.4 Å². The van der Waals surface area contributed by atoms with E-state index in [2.05, 4.69) is 15.0 Å². The molecule has 0 N–H and O–H groups in total. The minimum absolute atomic E-state index is 0.0429. The van der Waals surface area contributed by atoms with Crippen LogP contribution in [-0.4, -0.2) is 70.3 Å². The highest BCUT2D eigenvalue weighted by Crippen LogP contribution is 2.22. The standard InChI is InChI=1S/C23H26N6O6/c1-4-34-18(30)10-24-17-12-29-22(32)20-21(26-23(29)28(17)13-19(31)35-5-2)27(14-25-20)11-15-6-8-16(33-3)9-7-15/h6-9,14H,4-5,10-13H2,1-3H3. The average molecular weight is 482 g/mol. The molecule has 184 valence electrons. The second-order valence-electron chi connectivity index (χ2n) is 7.62. The van der Waals surface area contributed by atoms with Crippen molar-refractivity contribution in [3.05, 3.63) is 46.5 Å². The van der Waals surface area contributed by atoms with Gasteiger partial charge in [0.1, 0.15) is 24.7 Å². The van der Waals surface area contributed by atoms with Crippen molar-refractivity contribution < 1.29 is 23.8 Å². The molecule has 0 fully saturated rings. The first kappa shape index (κ1) is 23.9. The maximum Gasteiger partial charge on any atom is 0.327 e. The van der Waals surface area contributed by atoms with Crippen LogP contribution in [0.15, 0.2) is 40.4 Å². The fraction of sp³-hybridized carbons (Fsp3) is 0.391. The van der Waals surface area contributed by atoms with Gasteiger partial charge in [0.15, 0.2) is 11.2 Å². The number of imidazole rings is 1. The number of nitrogens with zero attached hydrogens (tertiary/aromatic N) is 6. The molecule has 3 heterocycles. The summed E-state index contributed by atoms with van der Waals surface area (Å²) >= 11 is 0. The Kier molecular flexibility index (Phi) is 7.09. The number of anilines is 1. The van der Waals surface area contributed by atoms with Crippen molar-refractivity contribution in [3.8, 4) is 5.75 Å². The van der Waals surface area contributed by atoms with E-state index >= 15 is 0 Å². The quantitative estimate of drug-likeness (QED) is 0.410. The van der Waals surface area contributed by atoms with Gasteiger partial charge in [-0.3, -0.25) is 28.8 Å². The highest BCUT2D eigenvalue weighted by Gasteiger charge is 2.32. The first-order valence-electron chi connectivity index (χ1n) is 11.2. The Morgan fingerprint density at radius 2 is 1.80 bits per heavy atom. The molecule has 0 bridgehead atoms. The van der Waals surface area contributed by atoms with Crippen LogP contribution in [0, 0.1) is 0 Å². The molecule has 1 aliphatic rings. The smallest absolute Gasteiger partial charge is 0.327 e. The number of carbonyl (C=O) groups is 2. The normalized spacial score (nSPS) is 13.8. The third kappa shape index (κ3) is 5.00. The van der Waals surface area contributed by atoms with Crippen molar-refractivity contribution in [3.63, 3.8) is 0 Å².